The Morgan fingerprint density at radius 3 is 2.80 bits per heavy atom. The van der Waals surface area contributed by atoms with Crippen molar-refractivity contribution in [3.63, 3.8) is 0 Å². The summed E-state index contributed by atoms with van der Waals surface area (Å²) >= 11 is 0. The van der Waals surface area contributed by atoms with Gasteiger partial charge >= 0.3 is 0 Å². The second-order valence-corrected chi connectivity index (χ2v) is 5.75. The molecule has 1 heterocycles. The average Bonchev–Trinajstić information content (AvgIpc) is 2.18. The van der Waals surface area contributed by atoms with Crippen LogP contribution in [-0.2, 0) is 9.84 Å². The Bertz CT molecular complexity index is 417. The predicted molar refractivity (Wildman–Crippen MR) is 59.6 cm³/mol. The largest absolute Gasteiger partial charge is 0.368 e. The van der Waals surface area contributed by atoms with Crippen molar-refractivity contribution in [2.24, 2.45) is 0 Å². The molecule has 5 nitrogen and oxygen atoms in total. The first-order valence-electron chi connectivity index (χ1n) is 4.77. The zero-order chi connectivity index (χ0) is 11.3. The minimum absolute atomic E-state index is 0.124. The van der Waals surface area contributed by atoms with E-state index in [0.29, 0.717) is 12.4 Å². The molecule has 0 aromatic carbocycles. The Kier molecular flexibility index (Phi) is 4.02. The lowest BCUT2D eigenvalue weighted by molar-refractivity contribution is 0.597. The van der Waals surface area contributed by atoms with Crippen molar-refractivity contribution < 1.29 is 8.42 Å². The summed E-state index contributed by atoms with van der Waals surface area (Å²) in [6.45, 7) is 3.92. The standard InChI is InChI=1S/C9H15N3O2S/c1-3-15(13,14)5-4-10-9-6-8(2)7-11-12-9/h6-7H,3-5H2,1-2H3,(H,10,12). The van der Waals surface area contributed by atoms with E-state index in [2.05, 4.69) is 15.5 Å². The highest BCUT2D eigenvalue weighted by atomic mass is 32.2. The van der Waals surface area contributed by atoms with E-state index in [0.717, 1.165) is 5.56 Å². The molecule has 15 heavy (non-hydrogen) atoms. The molecule has 6 heteroatoms. The minimum Gasteiger partial charge on any atom is -0.368 e. The van der Waals surface area contributed by atoms with Crippen molar-refractivity contribution >= 4 is 15.7 Å². The van der Waals surface area contributed by atoms with Crippen LogP contribution in [0.1, 0.15) is 12.5 Å². The van der Waals surface area contributed by atoms with Gasteiger partial charge in [0.05, 0.1) is 11.9 Å². The van der Waals surface area contributed by atoms with Gasteiger partial charge in [-0.05, 0) is 18.6 Å². The molecular weight excluding hydrogens is 214 g/mol. The zero-order valence-electron chi connectivity index (χ0n) is 8.90. The molecule has 1 aromatic heterocycles. The summed E-state index contributed by atoms with van der Waals surface area (Å²) in [6.07, 6.45) is 1.65. The molecule has 1 rings (SSSR count). The fraction of sp³-hybridized carbons (Fsp3) is 0.556. The quantitative estimate of drug-likeness (QED) is 0.802. The van der Waals surface area contributed by atoms with Gasteiger partial charge in [0.25, 0.3) is 0 Å². The molecule has 0 amide bonds. The Balaban J connectivity index is 2.45. The Labute approximate surface area is 89.8 Å². The predicted octanol–water partition coefficient (Wildman–Crippen LogP) is 0.632. The van der Waals surface area contributed by atoms with Crippen molar-refractivity contribution in [3.05, 3.63) is 17.8 Å². The van der Waals surface area contributed by atoms with E-state index >= 15 is 0 Å². The number of hydrogen-bond acceptors (Lipinski definition) is 5. The molecule has 1 aromatic rings. The molecule has 0 aliphatic carbocycles. The molecule has 0 saturated heterocycles. The fourth-order valence-corrected chi connectivity index (χ4v) is 1.73. The van der Waals surface area contributed by atoms with Gasteiger partial charge in [-0.3, -0.25) is 0 Å². The van der Waals surface area contributed by atoms with E-state index in [1.54, 1.807) is 13.1 Å². The second-order valence-electron chi connectivity index (χ2n) is 3.28. The smallest absolute Gasteiger partial charge is 0.151 e. The van der Waals surface area contributed by atoms with Crippen LogP contribution in [0.25, 0.3) is 0 Å². The molecule has 0 bridgehead atoms. The number of sulfone groups is 1. The monoisotopic (exact) mass is 229 g/mol. The number of rotatable bonds is 5. The fourth-order valence-electron chi connectivity index (χ4n) is 1.03. The summed E-state index contributed by atoms with van der Waals surface area (Å²) in [5, 5.41) is 10.5. The molecule has 84 valence electrons. The van der Waals surface area contributed by atoms with Gasteiger partial charge in [-0.1, -0.05) is 6.92 Å². The maximum absolute atomic E-state index is 11.2. The molecule has 0 spiro atoms. The molecule has 0 fully saturated rings. The van der Waals surface area contributed by atoms with Gasteiger partial charge in [-0.15, -0.1) is 5.10 Å². The van der Waals surface area contributed by atoms with Gasteiger partial charge in [0.15, 0.2) is 9.84 Å². The number of aromatic nitrogens is 2. The second kappa shape index (κ2) is 5.06. The Morgan fingerprint density at radius 2 is 2.20 bits per heavy atom. The molecule has 0 radical (unpaired) electrons. The van der Waals surface area contributed by atoms with E-state index in [1.165, 1.54) is 0 Å². The summed E-state index contributed by atoms with van der Waals surface area (Å²) < 4.78 is 22.4. The number of nitrogens with one attached hydrogen (secondary N) is 1. The van der Waals surface area contributed by atoms with Crippen LogP contribution in [0.2, 0.25) is 0 Å². The van der Waals surface area contributed by atoms with Crippen LogP contribution < -0.4 is 5.32 Å². The minimum atomic E-state index is -2.91. The highest BCUT2D eigenvalue weighted by Crippen LogP contribution is 2.02. The summed E-state index contributed by atoms with van der Waals surface area (Å²) in [4.78, 5) is 0. The topological polar surface area (TPSA) is 72.0 Å². The normalized spacial score (nSPS) is 11.3. The molecule has 0 unspecified atom stereocenters. The maximum Gasteiger partial charge on any atom is 0.151 e. The molecule has 0 saturated carbocycles. The number of aryl methyl sites for hydroxylation is 1. The van der Waals surface area contributed by atoms with Gasteiger partial charge in [-0.2, -0.15) is 5.10 Å². The molecular formula is C9H15N3O2S. The lowest BCUT2D eigenvalue weighted by atomic mass is 10.3. The first kappa shape index (κ1) is 11.9. The van der Waals surface area contributed by atoms with Crippen LogP contribution in [0.4, 0.5) is 5.82 Å². The SMILES string of the molecule is CCS(=O)(=O)CCNc1cc(C)cnn1. The van der Waals surface area contributed by atoms with E-state index < -0.39 is 9.84 Å². The van der Waals surface area contributed by atoms with Crippen molar-refractivity contribution in [1.29, 1.82) is 0 Å². The first-order valence-corrected chi connectivity index (χ1v) is 6.59. The van der Waals surface area contributed by atoms with Crippen molar-refractivity contribution in [2.75, 3.05) is 23.4 Å². The van der Waals surface area contributed by atoms with E-state index in [9.17, 15) is 8.42 Å². The van der Waals surface area contributed by atoms with E-state index in [1.807, 2.05) is 13.0 Å². The number of anilines is 1. The number of nitrogens with zero attached hydrogens (tertiary/aromatic N) is 2. The highest BCUT2D eigenvalue weighted by Gasteiger charge is 2.06. The van der Waals surface area contributed by atoms with Gasteiger partial charge in [-0.25, -0.2) is 8.42 Å². The summed E-state index contributed by atoms with van der Waals surface area (Å²) in [7, 11) is -2.91. The van der Waals surface area contributed by atoms with Gasteiger partial charge < -0.3 is 5.32 Å². The third-order valence-electron chi connectivity index (χ3n) is 1.95. The average molecular weight is 229 g/mol. The van der Waals surface area contributed by atoms with Crippen LogP contribution in [0.5, 0.6) is 0 Å². The summed E-state index contributed by atoms with van der Waals surface area (Å²) in [5.74, 6) is 0.911. The van der Waals surface area contributed by atoms with Crippen LogP contribution in [0.3, 0.4) is 0 Å². The summed E-state index contributed by atoms with van der Waals surface area (Å²) in [5.41, 5.74) is 0.992. The van der Waals surface area contributed by atoms with Crippen molar-refractivity contribution in [1.82, 2.24) is 10.2 Å². The van der Waals surface area contributed by atoms with Crippen LogP contribution in [-0.4, -0.2) is 36.7 Å². The third-order valence-corrected chi connectivity index (χ3v) is 3.66. The highest BCUT2D eigenvalue weighted by molar-refractivity contribution is 7.91. The van der Waals surface area contributed by atoms with Gasteiger partial charge in [0, 0.05) is 12.3 Å². The third kappa shape index (κ3) is 4.24. The summed E-state index contributed by atoms with van der Waals surface area (Å²) in [6, 6.07) is 1.82. The van der Waals surface area contributed by atoms with Crippen molar-refractivity contribution in [3.8, 4) is 0 Å². The molecule has 1 N–H and O–H groups in total. The molecule has 0 aliphatic rings. The van der Waals surface area contributed by atoms with E-state index in [-0.39, 0.29) is 11.5 Å². The zero-order valence-corrected chi connectivity index (χ0v) is 9.71. The van der Waals surface area contributed by atoms with Crippen LogP contribution in [0.15, 0.2) is 12.3 Å². The van der Waals surface area contributed by atoms with Crippen molar-refractivity contribution in [2.45, 2.75) is 13.8 Å². The number of hydrogen-bond donors (Lipinski definition) is 1. The first-order chi connectivity index (χ1) is 7.03. The maximum atomic E-state index is 11.2. The lowest BCUT2D eigenvalue weighted by Gasteiger charge is -2.04. The lowest BCUT2D eigenvalue weighted by Crippen LogP contribution is -2.17. The molecule has 0 atom stereocenters. The van der Waals surface area contributed by atoms with Gasteiger partial charge in [0.1, 0.15) is 5.82 Å². The van der Waals surface area contributed by atoms with Crippen LogP contribution in [0, 0.1) is 6.92 Å². The Morgan fingerprint density at radius 1 is 1.47 bits per heavy atom. The molecule has 0 aliphatic heterocycles. The Hall–Kier alpha value is -1.17. The van der Waals surface area contributed by atoms with E-state index in [4.69, 9.17) is 0 Å². The van der Waals surface area contributed by atoms with Crippen LogP contribution >= 0.6 is 0 Å². The van der Waals surface area contributed by atoms with Gasteiger partial charge in [0.2, 0.25) is 0 Å².